The summed E-state index contributed by atoms with van der Waals surface area (Å²) in [6.07, 6.45) is 0.630. The number of nitrogens with two attached hydrogens (primary N) is 1. The number of nitrogens with one attached hydrogen (secondary N) is 1. The number of rotatable bonds is 8. The fourth-order valence-corrected chi connectivity index (χ4v) is 0.868. The fourth-order valence-electron chi connectivity index (χ4n) is 0.868. The second-order valence-corrected chi connectivity index (χ2v) is 2.64. The minimum atomic E-state index is -2.40. The number of ether oxygens (including phenoxy) is 1. The molecule has 0 heterocycles. The van der Waals surface area contributed by atoms with Crippen molar-refractivity contribution < 1.29 is 13.5 Å². The average Bonchev–Trinajstić information content (AvgIpc) is 2.10. The Hall–Kier alpha value is -0.520. The van der Waals surface area contributed by atoms with E-state index in [1.54, 1.807) is 6.08 Å². The van der Waals surface area contributed by atoms with Crippen LogP contribution in [0.2, 0.25) is 0 Å². The Morgan fingerprint density at radius 2 is 2.23 bits per heavy atom. The highest BCUT2D eigenvalue weighted by atomic mass is 19.3. The zero-order valence-electron chi connectivity index (χ0n) is 7.51. The fraction of sp³-hybridized carbons (Fsp3) is 0.750. The van der Waals surface area contributed by atoms with E-state index in [0.717, 1.165) is 0 Å². The van der Waals surface area contributed by atoms with E-state index >= 15 is 0 Å². The molecule has 0 radical (unpaired) electrons. The van der Waals surface area contributed by atoms with Crippen LogP contribution < -0.4 is 11.3 Å². The van der Waals surface area contributed by atoms with Crippen molar-refractivity contribution in [1.29, 1.82) is 0 Å². The first-order valence-electron chi connectivity index (χ1n) is 4.13. The normalized spacial score (nSPS) is 13.2. The molecule has 0 amide bonds. The Bertz CT molecular complexity index is 133. The largest absolute Gasteiger partial charge is 0.375 e. The number of hydrazine groups is 1. The smallest absolute Gasteiger partial charge is 0.261 e. The predicted molar refractivity (Wildman–Crippen MR) is 47.4 cm³/mol. The lowest BCUT2D eigenvalue weighted by Gasteiger charge is -2.13. The van der Waals surface area contributed by atoms with Crippen LogP contribution >= 0.6 is 0 Å². The van der Waals surface area contributed by atoms with E-state index < -0.39 is 13.0 Å². The van der Waals surface area contributed by atoms with Gasteiger partial charge in [0.25, 0.3) is 6.43 Å². The lowest BCUT2D eigenvalue weighted by molar-refractivity contribution is 0.0145. The maximum absolute atomic E-state index is 11.6. The van der Waals surface area contributed by atoms with Crippen molar-refractivity contribution in [3.05, 3.63) is 12.7 Å². The molecule has 0 aromatic heterocycles. The summed E-state index contributed by atoms with van der Waals surface area (Å²) in [5.41, 5.74) is 2.55. The van der Waals surface area contributed by atoms with Crippen molar-refractivity contribution in [2.45, 2.75) is 25.3 Å². The van der Waals surface area contributed by atoms with Crippen LogP contribution in [0.4, 0.5) is 8.78 Å². The molecule has 0 aliphatic rings. The van der Waals surface area contributed by atoms with Gasteiger partial charge in [-0.3, -0.25) is 11.3 Å². The van der Waals surface area contributed by atoms with E-state index in [1.165, 1.54) is 0 Å². The molecule has 0 aliphatic heterocycles. The zero-order valence-corrected chi connectivity index (χ0v) is 7.51. The van der Waals surface area contributed by atoms with E-state index in [2.05, 4.69) is 12.0 Å². The van der Waals surface area contributed by atoms with Crippen LogP contribution in [0.1, 0.15) is 12.8 Å². The number of halogens is 2. The molecule has 0 spiro atoms. The molecule has 0 fully saturated rings. The second kappa shape index (κ2) is 8.10. The van der Waals surface area contributed by atoms with Gasteiger partial charge in [-0.15, -0.1) is 6.58 Å². The van der Waals surface area contributed by atoms with Gasteiger partial charge in [-0.1, -0.05) is 6.08 Å². The first-order chi connectivity index (χ1) is 6.20. The van der Waals surface area contributed by atoms with E-state index in [1.807, 2.05) is 0 Å². The lowest BCUT2D eigenvalue weighted by Crippen LogP contribution is -2.35. The zero-order chi connectivity index (χ0) is 10.1. The predicted octanol–water partition coefficient (Wildman–Crippen LogP) is 1.07. The van der Waals surface area contributed by atoms with Gasteiger partial charge in [0.15, 0.2) is 0 Å². The SMILES string of the molecule is C=CCC(CCOCC(F)F)NN. The molecule has 0 aromatic carbocycles. The van der Waals surface area contributed by atoms with Crippen LogP contribution in [0.15, 0.2) is 12.7 Å². The minimum Gasteiger partial charge on any atom is -0.375 e. The molecule has 1 unspecified atom stereocenters. The monoisotopic (exact) mass is 194 g/mol. The third-order valence-electron chi connectivity index (χ3n) is 1.54. The van der Waals surface area contributed by atoms with Gasteiger partial charge >= 0.3 is 0 Å². The summed E-state index contributed by atoms with van der Waals surface area (Å²) >= 11 is 0. The van der Waals surface area contributed by atoms with Gasteiger partial charge in [0.1, 0.15) is 6.61 Å². The van der Waals surface area contributed by atoms with Gasteiger partial charge in [0, 0.05) is 12.6 Å². The summed E-state index contributed by atoms with van der Waals surface area (Å²) in [5.74, 6) is 5.20. The third-order valence-corrected chi connectivity index (χ3v) is 1.54. The summed E-state index contributed by atoms with van der Waals surface area (Å²) in [5, 5.41) is 0. The van der Waals surface area contributed by atoms with Crippen molar-refractivity contribution in [3.63, 3.8) is 0 Å². The van der Waals surface area contributed by atoms with Crippen molar-refractivity contribution in [3.8, 4) is 0 Å². The summed E-state index contributed by atoms with van der Waals surface area (Å²) in [7, 11) is 0. The summed E-state index contributed by atoms with van der Waals surface area (Å²) < 4.78 is 27.9. The summed E-state index contributed by atoms with van der Waals surface area (Å²) in [4.78, 5) is 0. The molecule has 1 atom stereocenters. The molecule has 0 saturated carbocycles. The van der Waals surface area contributed by atoms with Gasteiger partial charge in [-0.05, 0) is 12.8 Å². The molecule has 3 N–H and O–H groups in total. The van der Waals surface area contributed by atoms with Gasteiger partial charge in [0.2, 0.25) is 0 Å². The van der Waals surface area contributed by atoms with Crippen LogP contribution in [0.25, 0.3) is 0 Å². The topological polar surface area (TPSA) is 47.3 Å². The first kappa shape index (κ1) is 12.5. The molecular weight excluding hydrogens is 178 g/mol. The molecule has 0 aromatic rings. The van der Waals surface area contributed by atoms with Crippen molar-refractivity contribution in [2.24, 2.45) is 5.84 Å². The van der Waals surface area contributed by atoms with E-state index in [4.69, 9.17) is 10.6 Å². The highest BCUT2D eigenvalue weighted by molar-refractivity contribution is 4.76. The number of hydrogen-bond donors (Lipinski definition) is 2. The second-order valence-electron chi connectivity index (χ2n) is 2.64. The summed E-state index contributed by atoms with van der Waals surface area (Å²) in [6.45, 7) is 3.32. The minimum absolute atomic E-state index is 0.0511. The number of alkyl halides is 2. The van der Waals surface area contributed by atoms with Crippen molar-refractivity contribution >= 4 is 0 Å². The van der Waals surface area contributed by atoms with Crippen LogP contribution in [-0.4, -0.2) is 25.7 Å². The van der Waals surface area contributed by atoms with Crippen molar-refractivity contribution in [2.75, 3.05) is 13.2 Å². The van der Waals surface area contributed by atoms with Crippen LogP contribution in [-0.2, 0) is 4.74 Å². The van der Waals surface area contributed by atoms with Crippen molar-refractivity contribution in [1.82, 2.24) is 5.43 Å². The Balaban J connectivity index is 3.32. The molecule has 3 nitrogen and oxygen atoms in total. The Morgan fingerprint density at radius 3 is 2.69 bits per heavy atom. The first-order valence-corrected chi connectivity index (χ1v) is 4.13. The van der Waals surface area contributed by atoms with Gasteiger partial charge in [0.05, 0.1) is 0 Å². The Labute approximate surface area is 76.9 Å². The van der Waals surface area contributed by atoms with Crippen LogP contribution in [0.5, 0.6) is 0 Å². The average molecular weight is 194 g/mol. The highest BCUT2D eigenvalue weighted by Crippen LogP contribution is 1.99. The van der Waals surface area contributed by atoms with Gasteiger partial charge in [-0.25, -0.2) is 8.78 Å². The molecule has 0 rings (SSSR count). The van der Waals surface area contributed by atoms with E-state index in [9.17, 15) is 8.78 Å². The molecule has 0 aliphatic carbocycles. The molecule has 5 heteroatoms. The maximum atomic E-state index is 11.6. The van der Waals surface area contributed by atoms with Crippen LogP contribution in [0.3, 0.4) is 0 Å². The molecule has 78 valence electrons. The lowest BCUT2D eigenvalue weighted by atomic mass is 10.1. The summed E-state index contributed by atoms with van der Waals surface area (Å²) in [6, 6.07) is 0.0511. The Morgan fingerprint density at radius 1 is 1.54 bits per heavy atom. The molecular formula is C8H16F2N2O. The highest BCUT2D eigenvalue weighted by Gasteiger charge is 2.05. The molecule has 13 heavy (non-hydrogen) atoms. The molecule has 0 saturated heterocycles. The molecule has 0 bridgehead atoms. The third kappa shape index (κ3) is 7.83. The standard InChI is InChI=1S/C8H16F2N2O/c1-2-3-7(12-11)4-5-13-6-8(9)10/h2,7-8,12H,1,3-6,11H2. The Kier molecular flexibility index (Phi) is 7.77. The van der Waals surface area contributed by atoms with E-state index in [-0.39, 0.29) is 12.6 Å². The van der Waals surface area contributed by atoms with Crippen LogP contribution in [0, 0.1) is 0 Å². The van der Waals surface area contributed by atoms with Gasteiger partial charge < -0.3 is 4.74 Å². The van der Waals surface area contributed by atoms with Gasteiger partial charge in [-0.2, -0.15) is 0 Å². The number of hydrogen-bond acceptors (Lipinski definition) is 3. The quantitative estimate of drug-likeness (QED) is 0.263. The maximum Gasteiger partial charge on any atom is 0.261 e. The van der Waals surface area contributed by atoms with E-state index in [0.29, 0.717) is 12.8 Å².